The van der Waals surface area contributed by atoms with Crippen LogP contribution >= 0.6 is 15.9 Å². The molecule has 0 bridgehead atoms. The molecule has 1 N–H and O–H groups in total. The Morgan fingerprint density at radius 1 is 1.41 bits per heavy atom. The van der Waals surface area contributed by atoms with Crippen molar-refractivity contribution < 1.29 is 0 Å². The van der Waals surface area contributed by atoms with Crippen LogP contribution in [0.3, 0.4) is 0 Å². The molecule has 0 saturated carbocycles. The van der Waals surface area contributed by atoms with Crippen LogP contribution in [0.4, 0.5) is 0 Å². The molecular formula is C11H14BrN5. The smallest absolute Gasteiger partial charge is 0.164 e. The van der Waals surface area contributed by atoms with Gasteiger partial charge >= 0.3 is 0 Å². The first-order chi connectivity index (χ1) is 8.28. The molecule has 0 radical (unpaired) electrons. The van der Waals surface area contributed by atoms with Crippen LogP contribution < -0.4 is 5.32 Å². The lowest BCUT2D eigenvalue weighted by Gasteiger charge is -2.01. The van der Waals surface area contributed by atoms with Gasteiger partial charge in [-0.2, -0.15) is 5.10 Å². The first-order valence-electron chi connectivity index (χ1n) is 5.46. The third-order valence-electron chi connectivity index (χ3n) is 2.22. The van der Waals surface area contributed by atoms with Crippen molar-refractivity contribution in [1.82, 2.24) is 25.1 Å². The summed E-state index contributed by atoms with van der Waals surface area (Å²) in [6.45, 7) is 4.38. The maximum atomic E-state index is 4.37. The quantitative estimate of drug-likeness (QED) is 0.910. The van der Waals surface area contributed by atoms with Crippen molar-refractivity contribution in [3.05, 3.63) is 40.6 Å². The molecule has 2 heterocycles. The lowest BCUT2D eigenvalue weighted by molar-refractivity contribution is 0.642. The van der Waals surface area contributed by atoms with E-state index < -0.39 is 0 Å². The molecule has 2 aromatic heterocycles. The van der Waals surface area contributed by atoms with E-state index in [-0.39, 0.29) is 0 Å². The molecule has 0 aliphatic carbocycles. The molecule has 0 atom stereocenters. The zero-order chi connectivity index (χ0) is 12.1. The first-order valence-corrected chi connectivity index (χ1v) is 6.25. The standard InChI is InChI=1S/C11H14BrN5/c1-2-13-6-11-15-8-17(16-11)7-9-3-10(12)5-14-4-9/h3-5,8,13H,2,6-7H2,1H3. The highest BCUT2D eigenvalue weighted by Crippen LogP contribution is 2.10. The zero-order valence-corrected chi connectivity index (χ0v) is 11.2. The maximum Gasteiger partial charge on any atom is 0.164 e. The minimum absolute atomic E-state index is 0.686. The van der Waals surface area contributed by atoms with Crippen LogP contribution in [0.15, 0.2) is 29.3 Å². The molecule has 0 aliphatic rings. The van der Waals surface area contributed by atoms with E-state index in [2.05, 4.69) is 43.2 Å². The average Bonchev–Trinajstić information content (AvgIpc) is 2.74. The minimum atomic E-state index is 0.686. The summed E-state index contributed by atoms with van der Waals surface area (Å²) in [5.74, 6) is 0.815. The molecule has 17 heavy (non-hydrogen) atoms. The molecule has 0 aromatic carbocycles. The van der Waals surface area contributed by atoms with Crippen molar-refractivity contribution in [2.45, 2.75) is 20.0 Å². The lowest BCUT2D eigenvalue weighted by Crippen LogP contribution is -2.13. The largest absolute Gasteiger partial charge is 0.310 e. The van der Waals surface area contributed by atoms with E-state index in [1.807, 2.05) is 16.9 Å². The summed E-state index contributed by atoms with van der Waals surface area (Å²) in [4.78, 5) is 8.35. The fourth-order valence-corrected chi connectivity index (χ4v) is 1.87. The molecule has 6 heteroatoms. The number of pyridine rings is 1. The summed E-state index contributed by atoms with van der Waals surface area (Å²) in [5.41, 5.74) is 1.10. The van der Waals surface area contributed by atoms with Crippen LogP contribution in [0.25, 0.3) is 0 Å². The van der Waals surface area contributed by atoms with Gasteiger partial charge in [0.05, 0.1) is 13.1 Å². The van der Waals surface area contributed by atoms with Gasteiger partial charge in [-0.25, -0.2) is 9.67 Å². The Morgan fingerprint density at radius 3 is 3.06 bits per heavy atom. The Labute approximate surface area is 108 Å². The van der Waals surface area contributed by atoms with Gasteiger partial charge in [0, 0.05) is 16.9 Å². The molecule has 2 rings (SSSR count). The predicted molar refractivity (Wildman–Crippen MR) is 68.4 cm³/mol. The van der Waals surface area contributed by atoms with Gasteiger partial charge in [-0.15, -0.1) is 0 Å². The highest BCUT2D eigenvalue weighted by Gasteiger charge is 2.01. The summed E-state index contributed by atoms with van der Waals surface area (Å²) in [6, 6.07) is 2.03. The van der Waals surface area contributed by atoms with E-state index in [0.717, 1.165) is 22.4 Å². The van der Waals surface area contributed by atoms with Gasteiger partial charge in [0.2, 0.25) is 0 Å². The normalized spacial score (nSPS) is 10.7. The topological polar surface area (TPSA) is 55.6 Å². The number of rotatable bonds is 5. The number of hydrogen-bond donors (Lipinski definition) is 1. The lowest BCUT2D eigenvalue weighted by atomic mass is 10.3. The Morgan fingerprint density at radius 2 is 2.29 bits per heavy atom. The van der Waals surface area contributed by atoms with E-state index in [1.165, 1.54) is 0 Å². The second-order valence-corrected chi connectivity index (χ2v) is 4.57. The summed E-state index contributed by atoms with van der Waals surface area (Å²) < 4.78 is 2.79. The Balaban J connectivity index is 2.01. The molecule has 0 aliphatic heterocycles. The van der Waals surface area contributed by atoms with Crippen LogP contribution in [-0.2, 0) is 13.1 Å². The van der Waals surface area contributed by atoms with Crippen molar-refractivity contribution >= 4 is 15.9 Å². The average molecular weight is 296 g/mol. The first kappa shape index (κ1) is 12.2. The number of nitrogens with zero attached hydrogens (tertiary/aromatic N) is 4. The number of aromatic nitrogens is 4. The van der Waals surface area contributed by atoms with E-state index in [1.54, 1.807) is 12.5 Å². The van der Waals surface area contributed by atoms with Gasteiger partial charge in [-0.05, 0) is 34.1 Å². The fourth-order valence-electron chi connectivity index (χ4n) is 1.46. The van der Waals surface area contributed by atoms with Crippen molar-refractivity contribution in [3.63, 3.8) is 0 Å². The summed E-state index contributed by atoms with van der Waals surface area (Å²) >= 11 is 3.40. The van der Waals surface area contributed by atoms with Gasteiger partial charge in [-0.3, -0.25) is 4.98 Å². The monoisotopic (exact) mass is 295 g/mol. The Bertz CT molecular complexity index is 482. The van der Waals surface area contributed by atoms with Crippen molar-refractivity contribution in [2.24, 2.45) is 0 Å². The van der Waals surface area contributed by atoms with Crippen molar-refractivity contribution in [3.8, 4) is 0 Å². The summed E-state index contributed by atoms with van der Waals surface area (Å²) in [6.07, 6.45) is 5.34. The molecule has 0 unspecified atom stereocenters. The van der Waals surface area contributed by atoms with E-state index in [4.69, 9.17) is 0 Å². The van der Waals surface area contributed by atoms with Crippen LogP contribution in [0.2, 0.25) is 0 Å². The van der Waals surface area contributed by atoms with Gasteiger partial charge in [-0.1, -0.05) is 6.92 Å². The minimum Gasteiger partial charge on any atom is -0.310 e. The van der Waals surface area contributed by atoms with E-state index in [9.17, 15) is 0 Å². The van der Waals surface area contributed by atoms with Crippen LogP contribution in [0.5, 0.6) is 0 Å². The molecule has 0 amide bonds. The predicted octanol–water partition coefficient (Wildman–Crippen LogP) is 1.59. The third-order valence-corrected chi connectivity index (χ3v) is 2.66. The highest BCUT2D eigenvalue weighted by molar-refractivity contribution is 9.10. The fraction of sp³-hybridized carbons (Fsp3) is 0.364. The molecule has 2 aromatic rings. The van der Waals surface area contributed by atoms with Crippen LogP contribution in [0, 0.1) is 0 Å². The van der Waals surface area contributed by atoms with Gasteiger partial charge < -0.3 is 5.32 Å². The number of halogens is 1. The van der Waals surface area contributed by atoms with Gasteiger partial charge in [0.15, 0.2) is 5.82 Å². The molecule has 5 nitrogen and oxygen atoms in total. The molecule has 0 spiro atoms. The van der Waals surface area contributed by atoms with Crippen LogP contribution in [-0.4, -0.2) is 26.3 Å². The molecular weight excluding hydrogens is 282 g/mol. The van der Waals surface area contributed by atoms with Gasteiger partial charge in [0.1, 0.15) is 6.33 Å². The molecule has 0 fully saturated rings. The second-order valence-electron chi connectivity index (χ2n) is 3.65. The van der Waals surface area contributed by atoms with E-state index >= 15 is 0 Å². The number of nitrogens with one attached hydrogen (secondary N) is 1. The Hall–Kier alpha value is -1.27. The maximum absolute atomic E-state index is 4.37. The molecule has 0 saturated heterocycles. The second kappa shape index (κ2) is 5.88. The number of hydrogen-bond acceptors (Lipinski definition) is 4. The van der Waals surface area contributed by atoms with E-state index in [0.29, 0.717) is 13.1 Å². The summed E-state index contributed by atoms with van der Waals surface area (Å²) in [7, 11) is 0. The van der Waals surface area contributed by atoms with Gasteiger partial charge in [0.25, 0.3) is 0 Å². The van der Waals surface area contributed by atoms with Crippen molar-refractivity contribution in [2.75, 3.05) is 6.54 Å². The molecule has 90 valence electrons. The SMILES string of the molecule is CCNCc1ncn(Cc2cncc(Br)c2)n1. The third kappa shape index (κ3) is 3.61. The summed E-state index contributed by atoms with van der Waals surface area (Å²) in [5, 5.41) is 7.57. The Kier molecular flexibility index (Phi) is 4.22. The van der Waals surface area contributed by atoms with Crippen molar-refractivity contribution in [1.29, 1.82) is 0 Å². The highest BCUT2D eigenvalue weighted by atomic mass is 79.9. The zero-order valence-electron chi connectivity index (χ0n) is 9.60. The van der Waals surface area contributed by atoms with Crippen LogP contribution in [0.1, 0.15) is 18.3 Å².